The van der Waals surface area contributed by atoms with Crippen LogP contribution in [0.4, 0.5) is 9.52 Å². The van der Waals surface area contributed by atoms with E-state index in [0.717, 1.165) is 0 Å². The summed E-state index contributed by atoms with van der Waals surface area (Å²) in [4.78, 5) is 28.6. The van der Waals surface area contributed by atoms with Crippen molar-refractivity contribution in [3.05, 3.63) is 64.2 Å². The number of carbonyl (C=O) groups is 1. The van der Waals surface area contributed by atoms with E-state index in [1.807, 2.05) is 0 Å². The van der Waals surface area contributed by atoms with Gasteiger partial charge in [-0.05, 0) is 30.3 Å². The molecule has 7 nitrogen and oxygen atoms in total. The van der Waals surface area contributed by atoms with Gasteiger partial charge in [-0.1, -0.05) is 12.1 Å². The van der Waals surface area contributed by atoms with E-state index >= 15 is 0 Å². The van der Waals surface area contributed by atoms with Gasteiger partial charge in [0.05, 0.1) is 18.3 Å². The number of anilines is 1. The minimum atomic E-state index is -0.503. The van der Waals surface area contributed by atoms with Gasteiger partial charge in [-0.2, -0.15) is 0 Å². The Morgan fingerprint density at radius 3 is 2.93 bits per heavy atom. The zero-order valence-corrected chi connectivity index (χ0v) is 16.2. The highest BCUT2D eigenvalue weighted by atomic mass is 32.1. The smallest absolute Gasteiger partial charge is 0.419 e. The van der Waals surface area contributed by atoms with Crippen molar-refractivity contribution >= 4 is 33.5 Å². The Kier molecular flexibility index (Phi) is 5.13. The van der Waals surface area contributed by atoms with Gasteiger partial charge in [0.15, 0.2) is 22.3 Å². The van der Waals surface area contributed by atoms with Crippen molar-refractivity contribution in [3.8, 4) is 17.0 Å². The molecule has 0 aliphatic rings. The molecule has 2 aromatic heterocycles. The van der Waals surface area contributed by atoms with E-state index in [-0.39, 0.29) is 24.6 Å². The topological polar surface area (TPSA) is 86.4 Å². The Hall–Kier alpha value is -3.46. The number of benzene rings is 2. The first-order valence-electron chi connectivity index (χ1n) is 8.73. The lowest BCUT2D eigenvalue weighted by atomic mass is 10.1. The number of methoxy groups -OCH3 is 1. The van der Waals surface area contributed by atoms with Crippen LogP contribution in [0.25, 0.3) is 22.4 Å². The van der Waals surface area contributed by atoms with Gasteiger partial charge in [0.2, 0.25) is 5.91 Å². The number of nitrogens with zero attached hydrogens (tertiary/aromatic N) is 2. The van der Waals surface area contributed by atoms with E-state index in [1.54, 1.807) is 35.7 Å². The molecular weight excluding hydrogens is 397 g/mol. The van der Waals surface area contributed by atoms with E-state index in [0.29, 0.717) is 27.5 Å². The normalized spacial score (nSPS) is 11.0. The molecule has 0 fully saturated rings. The average molecular weight is 413 g/mol. The fourth-order valence-corrected chi connectivity index (χ4v) is 3.65. The van der Waals surface area contributed by atoms with Crippen molar-refractivity contribution in [2.45, 2.75) is 13.0 Å². The van der Waals surface area contributed by atoms with Gasteiger partial charge in [0.1, 0.15) is 0 Å². The number of rotatable bonds is 6. The summed E-state index contributed by atoms with van der Waals surface area (Å²) in [7, 11) is 1.40. The SMILES string of the molecule is COc1ccc(-c2csc(NC(=O)CCn3c(=O)oc4ccccc43)n2)cc1F. The van der Waals surface area contributed by atoms with E-state index in [1.165, 1.54) is 35.1 Å². The van der Waals surface area contributed by atoms with Crippen LogP contribution in [-0.2, 0) is 11.3 Å². The van der Waals surface area contributed by atoms with Crippen molar-refractivity contribution in [2.75, 3.05) is 12.4 Å². The first kappa shape index (κ1) is 18.9. The van der Waals surface area contributed by atoms with Crippen molar-refractivity contribution < 1.29 is 18.3 Å². The molecular formula is C20H16FN3O4S. The molecule has 29 heavy (non-hydrogen) atoms. The summed E-state index contributed by atoms with van der Waals surface area (Å²) in [6.45, 7) is 0.184. The lowest BCUT2D eigenvalue weighted by molar-refractivity contribution is -0.116. The molecule has 0 saturated carbocycles. The molecule has 9 heteroatoms. The van der Waals surface area contributed by atoms with Gasteiger partial charge in [0.25, 0.3) is 0 Å². The van der Waals surface area contributed by atoms with Gasteiger partial charge >= 0.3 is 5.76 Å². The number of thiazole rings is 1. The number of aryl methyl sites for hydroxylation is 1. The van der Waals surface area contributed by atoms with Crippen molar-refractivity contribution in [1.29, 1.82) is 0 Å². The summed E-state index contributed by atoms with van der Waals surface area (Å²) in [6.07, 6.45) is 0.0789. The number of aromatic nitrogens is 2. The second-order valence-corrected chi connectivity index (χ2v) is 7.03. The number of oxazole rings is 1. The zero-order chi connectivity index (χ0) is 20.4. The molecule has 2 heterocycles. The molecule has 4 rings (SSSR count). The maximum Gasteiger partial charge on any atom is 0.419 e. The number of fused-ring (bicyclic) bond motifs is 1. The van der Waals surface area contributed by atoms with Crippen LogP contribution in [0, 0.1) is 5.82 Å². The molecule has 0 aliphatic heterocycles. The molecule has 0 spiro atoms. The average Bonchev–Trinajstić information content (AvgIpc) is 3.30. The van der Waals surface area contributed by atoms with E-state index in [2.05, 4.69) is 10.3 Å². The summed E-state index contributed by atoms with van der Waals surface area (Å²) in [5, 5.41) is 4.82. The third-order valence-electron chi connectivity index (χ3n) is 4.33. The number of carbonyl (C=O) groups excluding carboxylic acids is 1. The third kappa shape index (κ3) is 3.90. The van der Waals surface area contributed by atoms with Gasteiger partial charge < -0.3 is 14.5 Å². The van der Waals surface area contributed by atoms with E-state index in [4.69, 9.17) is 9.15 Å². The highest BCUT2D eigenvalue weighted by Crippen LogP contribution is 2.28. The van der Waals surface area contributed by atoms with Crippen LogP contribution in [0.15, 0.2) is 57.1 Å². The molecule has 0 aliphatic carbocycles. The van der Waals surface area contributed by atoms with Crippen molar-refractivity contribution in [3.63, 3.8) is 0 Å². The van der Waals surface area contributed by atoms with Crippen LogP contribution < -0.4 is 15.8 Å². The predicted molar refractivity (Wildman–Crippen MR) is 108 cm³/mol. The summed E-state index contributed by atoms with van der Waals surface area (Å²) in [5.74, 6) is -1.12. The number of ether oxygens (including phenoxy) is 1. The zero-order valence-electron chi connectivity index (χ0n) is 15.3. The van der Waals surface area contributed by atoms with Crippen LogP contribution in [0.3, 0.4) is 0 Å². The quantitative estimate of drug-likeness (QED) is 0.518. The maximum absolute atomic E-state index is 13.9. The first-order valence-corrected chi connectivity index (χ1v) is 9.61. The van der Waals surface area contributed by atoms with Crippen LogP contribution >= 0.6 is 11.3 Å². The summed E-state index contributed by atoms with van der Waals surface area (Å²) >= 11 is 1.23. The highest BCUT2D eigenvalue weighted by molar-refractivity contribution is 7.14. The van der Waals surface area contributed by atoms with Crippen LogP contribution in [0.1, 0.15) is 6.42 Å². The molecule has 0 bridgehead atoms. The molecule has 0 saturated heterocycles. The second kappa shape index (κ2) is 7.88. The summed E-state index contributed by atoms with van der Waals surface area (Å²) < 4.78 is 25.4. The Morgan fingerprint density at radius 1 is 1.31 bits per heavy atom. The Bertz CT molecular complexity index is 1240. The number of para-hydroxylation sites is 2. The maximum atomic E-state index is 13.9. The highest BCUT2D eigenvalue weighted by Gasteiger charge is 2.13. The number of hydrogen-bond donors (Lipinski definition) is 1. The fourth-order valence-electron chi connectivity index (χ4n) is 2.91. The van der Waals surface area contributed by atoms with Gasteiger partial charge in [-0.3, -0.25) is 9.36 Å². The number of halogens is 1. The van der Waals surface area contributed by atoms with Gasteiger partial charge in [-0.15, -0.1) is 11.3 Å². The standard InChI is InChI=1S/C20H16FN3O4S/c1-27-16-7-6-12(10-13(16)21)14-11-29-19(22-14)23-18(25)8-9-24-15-4-2-3-5-17(15)28-20(24)26/h2-7,10-11H,8-9H2,1H3,(H,22,23,25). The molecule has 1 amide bonds. The molecule has 148 valence electrons. The number of amides is 1. The summed E-state index contributed by atoms with van der Waals surface area (Å²) in [5.41, 5.74) is 2.25. The minimum absolute atomic E-state index is 0.0789. The Balaban J connectivity index is 1.42. The van der Waals surface area contributed by atoms with Crippen molar-refractivity contribution in [2.24, 2.45) is 0 Å². The van der Waals surface area contributed by atoms with Crippen LogP contribution in [0.2, 0.25) is 0 Å². The minimum Gasteiger partial charge on any atom is -0.494 e. The molecule has 4 aromatic rings. The fraction of sp³-hybridized carbons (Fsp3) is 0.150. The molecule has 2 aromatic carbocycles. The van der Waals surface area contributed by atoms with Crippen LogP contribution in [-0.4, -0.2) is 22.6 Å². The number of hydrogen-bond acceptors (Lipinski definition) is 6. The predicted octanol–water partition coefficient (Wildman–Crippen LogP) is 3.89. The van der Waals surface area contributed by atoms with Crippen LogP contribution in [0.5, 0.6) is 5.75 Å². The molecule has 0 atom stereocenters. The third-order valence-corrected chi connectivity index (χ3v) is 5.09. The second-order valence-electron chi connectivity index (χ2n) is 6.17. The van der Waals surface area contributed by atoms with Gasteiger partial charge in [-0.25, -0.2) is 14.2 Å². The number of nitrogens with one attached hydrogen (secondary N) is 1. The van der Waals surface area contributed by atoms with E-state index in [9.17, 15) is 14.0 Å². The Labute approximate surface area is 168 Å². The molecule has 1 N–H and O–H groups in total. The summed E-state index contributed by atoms with van der Waals surface area (Å²) in [6, 6.07) is 11.6. The largest absolute Gasteiger partial charge is 0.494 e. The molecule has 0 unspecified atom stereocenters. The monoisotopic (exact) mass is 413 g/mol. The van der Waals surface area contributed by atoms with Crippen molar-refractivity contribution in [1.82, 2.24) is 9.55 Å². The lowest BCUT2D eigenvalue weighted by Gasteiger charge is -2.04. The lowest BCUT2D eigenvalue weighted by Crippen LogP contribution is -2.19. The molecule has 0 radical (unpaired) electrons. The van der Waals surface area contributed by atoms with E-state index < -0.39 is 11.6 Å². The Morgan fingerprint density at radius 2 is 2.14 bits per heavy atom. The van der Waals surface area contributed by atoms with Gasteiger partial charge in [0, 0.05) is 23.9 Å². The first-order chi connectivity index (χ1) is 14.0.